The Balaban J connectivity index is 0.00000159. The van der Waals surface area contributed by atoms with E-state index in [1.54, 1.807) is 4.90 Å². The number of nitrogens with zero attached hydrogens (tertiary/aromatic N) is 2. The van der Waals surface area contributed by atoms with Crippen molar-refractivity contribution in [3.05, 3.63) is 29.6 Å². The van der Waals surface area contributed by atoms with Crippen LogP contribution in [0.3, 0.4) is 0 Å². The topological polar surface area (TPSA) is 139 Å². The fourth-order valence-corrected chi connectivity index (χ4v) is 3.15. The average molecular weight is 522 g/mol. The molecular formula is C26H43N5O6. The highest BCUT2D eigenvalue weighted by atomic mass is 16.7. The number of hydrogen-bond acceptors (Lipinski definition) is 7. The molecule has 11 heteroatoms. The Morgan fingerprint density at radius 2 is 1.57 bits per heavy atom. The number of nitrogens with one attached hydrogen (secondary N) is 3. The number of rotatable bonds is 11. The van der Waals surface area contributed by atoms with E-state index in [4.69, 9.17) is 9.68 Å². The van der Waals surface area contributed by atoms with E-state index in [0.29, 0.717) is 31.3 Å². The molecule has 0 bridgehead atoms. The minimum Gasteiger partial charge on any atom is -0.354 e. The first kappa shape index (κ1) is 32.0. The van der Waals surface area contributed by atoms with Gasteiger partial charge in [-0.05, 0) is 36.8 Å². The first-order valence-electron chi connectivity index (χ1n) is 12.7. The van der Waals surface area contributed by atoms with E-state index < -0.39 is 17.9 Å². The van der Waals surface area contributed by atoms with Crippen LogP contribution in [0.25, 0.3) is 0 Å². The minimum atomic E-state index is -0.774. The van der Waals surface area contributed by atoms with Crippen LogP contribution in [-0.2, 0) is 19.3 Å². The van der Waals surface area contributed by atoms with Gasteiger partial charge in [0.15, 0.2) is 12.7 Å². The molecule has 0 spiro atoms. The van der Waals surface area contributed by atoms with Crippen molar-refractivity contribution in [2.24, 2.45) is 17.8 Å². The molecule has 1 aliphatic rings. The highest BCUT2D eigenvalue weighted by Gasteiger charge is 2.38. The third kappa shape index (κ3) is 12.2. The monoisotopic (exact) mass is 521 g/mol. The number of amides is 4. The van der Waals surface area contributed by atoms with Crippen molar-refractivity contribution >= 4 is 23.6 Å². The van der Waals surface area contributed by atoms with Gasteiger partial charge in [0.1, 0.15) is 11.4 Å². The SMILES string of the molecule is CC(C)C.CC(C)CNC(=O)CONC(=O)c1cccc(C(=O)NOC2CC(C)N(CC(C)C)C2=O)n1. The second-order valence-electron chi connectivity index (χ2n) is 10.6. The van der Waals surface area contributed by atoms with Crippen LogP contribution in [0.4, 0.5) is 0 Å². The molecule has 1 aliphatic heterocycles. The maximum Gasteiger partial charge on any atom is 0.293 e. The molecule has 1 saturated heterocycles. The standard InChI is InChI=1S/C22H33N5O6.C4H10/c1-13(2)10-23-19(28)12-32-25-20(29)16-7-6-8-17(24-16)21(30)26-33-18-9-15(5)27(22(18)31)11-14(3)4;1-4(2)3/h6-8,13-15,18H,9-12H2,1-5H3,(H,23,28)(H,25,29)(H,26,30);4H,1-3H3. The second kappa shape index (κ2) is 15.9. The smallest absolute Gasteiger partial charge is 0.293 e. The summed E-state index contributed by atoms with van der Waals surface area (Å²) in [6.45, 7) is 17.2. The molecule has 0 aliphatic carbocycles. The van der Waals surface area contributed by atoms with Gasteiger partial charge >= 0.3 is 0 Å². The van der Waals surface area contributed by atoms with Gasteiger partial charge in [-0.2, -0.15) is 0 Å². The lowest BCUT2D eigenvalue weighted by molar-refractivity contribution is -0.141. The summed E-state index contributed by atoms with van der Waals surface area (Å²) < 4.78 is 0. The summed E-state index contributed by atoms with van der Waals surface area (Å²) in [6, 6.07) is 4.28. The Bertz CT molecular complexity index is 902. The quantitative estimate of drug-likeness (QED) is 0.380. The predicted octanol–water partition coefficient (Wildman–Crippen LogP) is 2.48. The molecule has 11 nitrogen and oxygen atoms in total. The maximum absolute atomic E-state index is 12.5. The van der Waals surface area contributed by atoms with Crippen LogP contribution in [-0.4, -0.2) is 65.4 Å². The number of carbonyl (C=O) groups is 4. The molecule has 4 amide bonds. The number of carbonyl (C=O) groups excluding carboxylic acids is 4. The minimum absolute atomic E-state index is 0.0133. The lowest BCUT2D eigenvalue weighted by Crippen LogP contribution is -2.39. The number of likely N-dealkylation sites (tertiary alicyclic amines) is 1. The molecule has 1 aromatic rings. The number of pyridine rings is 1. The lowest BCUT2D eigenvalue weighted by Gasteiger charge is -2.23. The molecule has 0 aromatic carbocycles. The second-order valence-corrected chi connectivity index (χ2v) is 10.6. The molecule has 37 heavy (non-hydrogen) atoms. The van der Waals surface area contributed by atoms with Crippen LogP contribution in [0.15, 0.2) is 18.2 Å². The van der Waals surface area contributed by atoms with E-state index in [2.05, 4.69) is 42.0 Å². The van der Waals surface area contributed by atoms with Gasteiger partial charge < -0.3 is 10.2 Å². The summed E-state index contributed by atoms with van der Waals surface area (Å²) in [5, 5.41) is 2.65. The van der Waals surface area contributed by atoms with Gasteiger partial charge in [-0.1, -0.05) is 54.5 Å². The number of hydroxylamine groups is 2. The lowest BCUT2D eigenvalue weighted by atomic mass is 10.2. The number of aromatic nitrogens is 1. The molecule has 0 radical (unpaired) electrons. The largest absolute Gasteiger partial charge is 0.354 e. The van der Waals surface area contributed by atoms with Crippen LogP contribution >= 0.6 is 0 Å². The van der Waals surface area contributed by atoms with Gasteiger partial charge in [0.25, 0.3) is 17.7 Å². The molecule has 2 rings (SSSR count). The fourth-order valence-electron chi connectivity index (χ4n) is 3.15. The van der Waals surface area contributed by atoms with E-state index in [1.165, 1.54) is 18.2 Å². The third-order valence-electron chi connectivity index (χ3n) is 4.79. The van der Waals surface area contributed by atoms with Gasteiger partial charge in [0, 0.05) is 25.6 Å². The van der Waals surface area contributed by atoms with Gasteiger partial charge in [0.05, 0.1) is 0 Å². The summed E-state index contributed by atoms with van der Waals surface area (Å²) >= 11 is 0. The Labute approximate surface area is 220 Å². The summed E-state index contributed by atoms with van der Waals surface area (Å²) in [5.41, 5.74) is 4.21. The van der Waals surface area contributed by atoms with Gasteiger partial charge in [-0.25, -0.2) is 15.9 Å². The van der Waals surface area contributed by atoms with Crippen molar-refractivity contribution in [3.63, 3.8) is 0 Å². The van der Waals surface area contributed by atoms with Crippen molar-refractivity contribution in [3.8, 4) is 0 Å². The van der Waals surface area contributed by atoms with Gasteiger partial charge in [-0.3, -0.25) is 28.9 Å². The molecule has 2 atom stereocenters. The zero-order valence-electron chi connectivity index (χ0n) is 23.3. The van der Waals surface area contributed by atoms with Crippen molar-refractivity contribution in [1.29, 1.82) is 0 Å². The molecule has 1 aromatic heterocycles. The molecule has 2 heterocycles. The first-order valence-corrected chi connectivity index (χ1v) is 12.7. The molecular weight excluding hydrogens is 478 g/mol. The van der Waals surface area contributed by atoms with Gasteiger partial charge in [0.2, 0.25) is 5.91 Å². The van der Waals surface area contributed by atoms with Gasteiger partial charge in [-0.15, -0.1) is 0 Å². The highest BCUT2D eigenvalue weighted by molar-refractivity contribution is 5.95. The van der Waals surface area contributed by atoms with Crippen molar-refractivity contribution in [2.45, 2.75) is 74.0 Å². The van der Waals surface area contributed by atoms with Crippen LogP contribution in [0.1, 0.15) is 82.8 Å². The summed E-state index contributed by atoms with van der Waals surface area (Å²) in [7, 11) is 0. The molecule has 0 saturated carbocycles. The number of hydrogen-bond donors (Lipinski definition) is 3. The maximum atomic E-state index is 12.5. The molecule has 208 valence electrons. The highest BCUT2D eigenvalue weighted by Crippen LogP contribution is 2.22. The third-order valence-corrected chi connectivity index (χ3v) is 4.79. The van der Waals surface area contributed by atoms with E-state index in [9.17, 15) is 19.2 Å². The van der Waals surface area contributed by atoms with Crippen LogP contribution in [0.2, 0.25) is 0 Å². The summed E-state index contributed by atoms with van der Waals surface area (Å²) in [4.78, 5) is 64.7. The van der Waals surface area contributed by atoms with E-state index in [-0.39, 0.29) is 35.9 Å². The fraction of sp³-hybridized carbons (Fsp3) is 0.654. The Morgan fingerprint density at radius 1 is 1.00 bits per heavy atom. The normalized spacial score (nSPS) is 17.1. The molecule has 1 fully saturated rings. The van der Waals surface area contributed by atoms with Crippen molar-refractivity contribution < 1.29 is 28.9 Å². The van der Waals surface area contributed by atoms with E-state index in [0.717, 1.165) is 5.92 Å². The Morgan fingerprint density at radius 3 is 2.11 bits per heavy atom. The Kier molecular flexibility index (Phi) is 13.8. The average Bonchev–Trinajstić information content (AvgIpc) is 3.08. The van der Waals surface area contributed by atoms with Crippen molar-refractivity contribution in [2.75, 3.05) is 19.7 Å². The summed E-state index contributed by atoms with van der Waals surface area (Å²) in [5.74, 6) is -0.508. The molecule has 2 unspecified atom stereocenters. The van der Waals surface area contributed by atoms with E-state index in [1.807, 2.05) is 34.6 Å². The zero-order valence-corrected chi connectivity index (χ0v) is 23.3. The zero-order chi connectivity index (χ0) is 28.1. The van der Waals surface area contributed by atoms with Crippen molar-refractivity contribution in [1.82, 2.24) is 26.2 Å². The predicted molar refractivity (Wildman–Crippen MR) is 139 cm³/mol. The first-order chi connectivity index (χ1) is 17.3. The Hall–Kier alpha value is -3.05. The van der Waals surface area contributed by atoms with Crippen LogP contribution in [0.5, 0.6) is 0 Å². The van der Waals surface area contributed by atoms with Crippen LogP contribution in [0, 0.1) is 17.8 Å². The van der Waals surface area contributed by atoms with Crippen LogP contribution < -0.4 is 16.3 Å². The molecule has 3 N–H and O–H groups in total. The van der Waals surface area contributed by atoms with E-state index >= 15 is 0 Å². The summed E-state index contributed by atoms with van der Waals surface area (Å²) in [6.07, 6.45) is -0.312.